The Balaban J connectivity index is 2.04. The fourth-order valence-corrected chi connectivity index (χ4v) is 1.88. The standard InChI is InChI=1S/C16H17F2NO/c1-2-20-11-13-5-3-4-6-16(13)19-10-12-7-8-14(17)15(18)9-12/h3-9,19H,2,10-11H2,1H3. The van der Waals surface area contributed by atoms with Crippen molar-refractivity contribution in [3.63, 3.8) is 0 Å². The van der Waals surface area contributed by atoms with Crippen molar-refractivity contribution in [3.8, 4) is 0 Å². The third-order valence-corrected chi connectivity index (χ3v) is 2.95. The van der Waals surface area contributed by atoms with Crippen molar-refractivity contribution in [2.75, 3.05) is 11.9 Å². The zero-order valence-electron chi connectivity index (χ0n) is 11.3. The minimum Gasteiger partial charge on any atom is -0.381 e. The summed E-state index contributed by atoms with van der Waals surface area (Å²) in [5, 5.41) is 3.22. The summed E-state index contributed by atoms with van der Waals surface area (Å²) in [5.74, 6) is -1.66. The normalized spacial score (nSPS) is 10.6. The molecule has 0 saturated carbocycles. The van der Waals surface area contributed by atoms with Crippen LogP contribution in [0.1, 0.15) is 18.1 Å². The van der Waals surface area contributed by atoms with Crippen LogP contribution >= 0.6 is 0 Å². The molecule has 1 N–H and O–H groups in total. The summed E-state index contributed by atoms with van der Waals surface area (Å²) in [6, 6.07) is 11.7. The maximum atomic E-state index is 13.1. The molecule has 0 atom stereocenters. The van der Waals surface area contributed by atoms with Crippen LogP contribution in [0, 0.1) is 11.6 Å². The Morgan fingerprint density at radius 2 is 1.85 bits per heavy atom. The van der Waals surface area contributed by atoms with E-state index in [0.717, 1.165) is 17.3 Å². The Kier molecular flexibility index (Phi) is 5.07. The SMILES string of the molecule is CCOCc1ccccc1NCc1ccc(F)c(F)c1. The van der Waals surface area contributed by atoms with E-state index in [1.54, 1.807) is 6.07 Å². The van der Waals surface area contributed by atoms with Gasteiger partial charge in [0.05, 0.1) is 6.61 Å². The van der Waals surface area contributed by atoms with Crippen LogP contribution in [-0.2, 0) is 17.9 Å². The van der Waals surface area contributed by atoms with Crippen molar-refractivity contribution in [2.45, 2.75) is 20.1 Å². The average Bonchev–Trinajstić information content (AvgIpc) is 2.47. The van der Waals surface area contributed by atoms with Crippen LogP contribution in [0.5, 0.6) is 0 Å². The first kappa shape index (κ1) is 14.5. The maximum Gasteiger partial charge on any atom is 0.159 e. The number of anilines is 1. The highest BCUT2D eigenvalue weighted by atomic mass is 19.2. The molecule has 0 fully saturated rings. The van der Waals surface area contributed by atoms with Crippen molar-refractivity contribution in [3.05, 3.63) is 65.2 Å². The maximum absolute atomic E-state index is 13.1. The minimum atomic E-state index is -0.828. The summed E-state index contributed by atoms with van der Waals surface area (Å²) in [4.78, 5) is 0. The molecule has 2 aromatic carbocycles. The summed E-state index contributed by atoms with van der Waals surface area (Å²) in [6.45, 7) is 3.55. The van der Waals surface area contributed by atoms with Crippen molar-refractivity contribution in [1.82, 2.24) is 0 Å². The van der Waals surface area contributed by atoms with Crippen molar-refractivity contribution in [2.24, 2.45) is 0 Å². The predicted molar refractivity (Wildman–Crippen MR) is 75.5 cm³/mol. The molecule has 0 aliphatic rings. The van der Waals surface area contributed by atoms with Gasteiger partial charge in [0.25, 0.3) is 0 Å². The van der Waals surface area contributed by atoms with Crippen LogP contribution in [0.2, 0.25) is 0 Å². The molecule has 0 unspecified atom stereocenters. The highest BCUT2D eigenvalue weighted by molar-refractivity contribution is 5.51. The summed E-state index contributed by atoms with van der Waals surface area (Å²) in [6.07, 6.45) is 0. The molecule has 0 amide bonds. The van der Waals surface area contributed by atoms with Gasteiger partial charge in [0.1, 0.15) is 0 Å². The molecule has 2 aromatic rings. The number of nitrogens with one attached hydrogen (secondary N) is 1. The molecule has 106 valence electrons. The molecule has 0 heterocycles. The van der Waals surface area contributed by atoms with Crippen LogP contribution in [0.25, 0.3) is 0 Å². The highest BCUT2D eigenvalue weighted by Gasteiger charge is 2.04. The lowest BCUT2D eigenvalue weighted by atomic mass is 10.1. The molecule has 0 saturated heterocycles. The van der Waals surface area contributed by atoms with Gasteiger partial charge in [-0.3, -0.25) is 0 Å². The van der Waals surface area contributed by atoms with Crippen molar-refractivity contribution in [1.29, 1.82) is 0 Å². The molecule has 0 aromatic heterocycles. The van der Waals surface area contributed by atoms with Crippen LogP contribution in [0.3, 0.4) is 0 Å². The molecule has 0 aliphatic carbocycles. The lowest BCUT2D eigenvalue weighted by Crippen LogP contribution is -2.04. The van der Waals surface area contributed by atoms with Crippen molar-refractivity contribution < 1.29 is 13.5 Å². The van der Waals surface area contributed by atoms with Gasteiger partial charge < -0.3 is 10.1 Å². The molecular formula is C16H17F2NO. The number of halogens is 2. The average molecular weight is 277 g/mol. The van der Waals surface area contributed by atoms with Crippen LogP contribution < -0.4 is 5.32 Å². The minimum absolute atomic E-state index is 0.431. The first-order valence-electron chi connectivity index (χ1n) is 6.54. The van der Waals surface area contributed by atoms with E-state index in [9.17, 15) is 8.78 Å². The fourth-order valence-electron chi connectivity index (χ4n) is 1.88. The van der Waals surface area contributed by atoms with Gasteiger partial charge in [-0.25, -0.2) is 8.78 Å². The summed E-state index contributed by atoms with van der Waals surface area (Å²) in [7, 11) is 0. The fraction of sp³-hybridized carbons (Fsp3) is 0.250. The van der Waals surface area contributed by atoms with Gasteiger partial charge in [-0.1, -0.05) is 24.3 Å². The highest BCUT2D eigenvalue weighted by Crippen LogP contribution is 2.18. The van der Waals surface area contributed by atoms with E-state index in [0.29, 0.717) is 25.3 Å². The largest absolute Gasteiger partial charge is 0.381 e. The van der Waals surface area contributed by atoms with E-state index in [2.05, 4.69) is 5.32 Å². The Morgan fingerprint density at radius 3 is 2.60 bits per heavy atom. The predicted octanol–water partition coefficient (Wildman–Crippen LogP) is 4.11. The van der Waals surface area contributed by atoms with E-state index in [1.807, 2.05) is 31.2 Å². The van der Waals surface area contributed by atoms with E-state index in [-0.39, 0.29) is 0 Å². The number of benzene rings is 2. The number of hydrogen-bond acceptors (Lipinski definition) is 2. The molecule has 0 aliphatic heterocycles. The quantitative estimate of drug-likeness (QED) is 0.857. The molecule has 2 nitrogen and oxygen atoms in total. The molecule has 2 rings (SSSR count). The second-order valence-corrected chi connectivity index (χ2v) is 4.40. The van der Waals surface area contributed by atoms with E-state index < -0.39 is 11.6 Å². The lowest BCUT2D eigenvalue weighted by Gasteiger charge is -2.12. The number of para-hydroxylation sites is 1. The number of rotatable bonds is 6. The summed E-state index contributed by atoms with van der Waals surface area (Å²) in [5.41, 5.74) is 2.66. The van der Waals surface area contributed by atoms with E-state index in [1.165, 1.54) is 6.07 Å². The number of hydrogen-bond donors (Lipinski definition) is 1. The monoisotopic (exact) mass is 277 g/mol. The third-order valence-electron chi connectivity index (χ3n) is 2.95. The van der Waals surface area contributed by atoms with Crippen LogP contribution in [0.15, 0.2) is 42.5 Å². The molecule has 0 bridgehead atoms. The Labute approximate surface area is 117 Å². The molecular weight excluding hydrogens is 260 g/mol. The van der Waals surface area contributed by atoms with E-state index in [4.69, 9.17) is 4.74 Å². The van der Waals surface area contributed by atoms with Gasteiger partial charge in [0.15, 0.2) is 11.6 Å². The first-order valence-corrected chi connectivity index (χ1v) is 6.54. The lowest BCUT2D eigenvalue weighted by molar-refractivity contribution is 0.134. The van der Waals surface area contributed by atoms with Gasteiger partial charge in [-0.2, -0.15) is 0 Å². The molecule has 20 heavy (non-hydrogen) atoms. The summed E-state index contributed by atoms with van der Waals surface area (Å²) >= 11 is 0. The molecule has 4 heteroatoms. The Hall–Kier alpha value is -1.94. The third kappa shape index (κ3) is 3.78. The van der Waals surface area contributed by atoms with Gasteiger partial charge in [-0.05, 0) is 30.7 Å². The zero-order chi connectivity index (χ0) is 14.4. The Morgan fingerprint density at radius 1 is 1.05 bits per heavy atom. The van der Waals surface area contributed by atoms with Gasteiger partial charge in [0, 0.05) is 24.4 Å². The second kappa shape index (κ2) is 7.01. The second-order valence-electron chi connectivity index (χ2n) is 4.40. The smallest absolute Gasteiger partial charge is 0.159 e. The van der Waals surface area contributed by atoms with Crippen LogP contribution in [-0.4, -0.2) is 6.61 Å². The first-order chi connectivity index (χ1) is 9.70. The topological polar surface area (TPSA) is 21.3 Å². The van der Waals surface area contributed by atoms with E-state index >= 15 is 0 Å². The molecule has 0 spiro atoms. The van der Waals surface area contributed by atoms with Gasteiger partial charge in [-0.15, -0.1) is 0 Å². The van der Waals surface area contributed by atoms with Gasteiger partial charge >= 0.3 is 0 Å². The zero-order valence-corrected chi connectivity index (χ0v) is 11.3. The molecule has 0 radical (unpaired) electrons. The summed E-state index contributed by atoms with van der Waals surface area (Å²) < 4.78 is 31.4. The van der Waals surface area contributed by atoms with Crippen molar-refractivity contribution >= 4 is 5.69 Å². The number of ether oxygens (including phenoxy) is 1. The van der Waals surface area contributed by atoms with Crippen LogP contribution in [0.4, 0.5) is 14.5 Å². The van der Waals surface area contributed by atoms with Gasteiger partial charge in [0.2, 0.25) is 0 Å². The Bertz CT molecular complexity index is 572.